The van der Waals surface area contributed by atoms with Gasteiger partial charge in [-0.15, -0.1) is 0 Å². The second-order valence-electron chi connectivity index (χ2n) is 7.97. The van der Waals surface area contributed by atoms with Gasteiger partial charge < -0.3 is 10.1 Å². The van der Waals surface area contributed by atoms with E-state index in [0.29, 0.717) is 12.1 Å². The summed E-state index contributed by atoms with van der Waals surface area (Å²) in [6, 6.07) is 5.92. The van der Waals surface area contributed by atoms with E-state index in [0.717, 1.165) is 24.6 Å². The predicted octanol–water partition coefficient (Wildman–Crippen LogP) is 2.62. The Labute approximate surface area is 167 Å². The van der Waals surface area contributed by atoms with Gasteiger partial charge in [-0.05, 0) is 38.8 Å². The topological polar surface area (TPSA) is 72.3 Å². The minimum atomic E-state index is -0.0907. The minimum absolute atomic E-state index is 0.0907. The second kappa shape index (κ2) is 8.84. The van der Waals surface area contributed by atoms with Gasteiger partial charge in [0.05, 0.1) is 29.7 Å². The molecule has 3 heterocycles. The van der Waals surface area contributed by atoms with Crippen molar-refractivity contribution >= 4 is 5.91 Å². The summed E-state index contributed by atoms with van der Waals surface area (Å²) in [5, 5.41) is 7.52. The van der Waals surface area contributed by atoms with Gasteiger partial charge in [-0.3, -0.25) is 9.69 Å². The highest BCUT2D eigenvalue weighted by Crippen LogP contribution is 2.22. The zero-order chi connectivity index (χ0) is 20.3. The zero-order valence-corrected chi connectivity index (χ0v) is 17.4. The third-order valence-electron chi connectivity index (χ3n) is 5.09. The first-order chi connectivity index (χ1) is 13.4. The average molecular weight is 386 g/mol. The van der Waals surface area contributed by atoms with Crippen LogP contribution in [0, 0.1) is 0 Å². The maximum Gasteiger partial charge on any atom is 0.254 e. The number of rotatable bonds is 6. The first-order valence-corrected chi connectivity index (χ1v) is 10.0. The van der Waals surface area contributed by atoms with Crippen LogP contribution in [0.3, 0.4) is 0 Å². The standard InChI is InChI=1S/C21H31N5O2/c1-14(2)20-18(11-24-26(20)19-8-6-7-9-22-19)21(27)23-10-15(3)25-12-16(4)28-17(5)13-25/h6-9,11,14-17H,10,12-13H2,1-5H3,(H,23,27). The summed E-state index contributed by atoms with van der Waals surface area (Å²) in [4.78, 5) is 19.6. The lowest BCUT2D eigenvalue weighted by Crippen LogP contribution is -2.52. The van der Waals surface area contributed by atoms with Crippen molar-refractivity contribution in [3.8, 4) is 5.82 Å². The number of morpholine rings is 1. The number of nitrogens with one attached hydrogen (secondary N) is 1. The third kappa shape index (κ3) is 4.59. The predicted molar refractivity (Wildman–Crippen MR) is 109 cm³/mol. The summed E-state index contributed by atoms with van der Waals surface area (Å²) in [5.41, 5.74) is 1.48. The highest BCUT2D eigenvalue weighted by Gasteiger charge is 2.27. The number of carbonyl (C=O) groups is 1. The van der Waals surface area contributed by atoms with Crippen LogP contribution in [0.15, 0.2) is 30.6 Å². The molecule has 3 unspecified atom stereocenters. The van der Waals surface area contributed by atoms with Crippen LogP contribution in [0.2, 0.25) is 0 Å². The number of hydrogen-bond donors (Lipinski definition) is 1. The molecule has 1 fully saturated rings. The molecule has 0 saturated carbocycles. The molecule has 1 N–H and O–H groups in total. The Morgan fingerprint density at radius 2 is 1.96 bits per heavy atom. The van der Waals surface area contributed by atoms with Crippen LogP contribution in [0.1, 0.15) is 56.6 Å². The molecule has 1 aliphatic rings. The highest BCUT2D eigenvalue weighted by atomic mass is 16.5. The molecule has 0 spiro atoms. The minimum Gasteiger partial charge on any atom is -0.373 e. The quantitative estimate of drug-likeness (QED) is 0.828. The lowest BCUT2D eigenvalue weighted by Gasteiger charge is -2.39. The number of ether oxygens (including phenoxy) is 1. The fraction of sp³-hybridized carbons (Fsp3) is 0.571. The van der Waals surface area contributed by atoms with Gasteiger partial charge in [0, 0.05) is 31.9 Å². The Kier molecular flexibility index (Phi) is 6.46. The van der Waals surface area contributed by atoms with Gasteiger partial charge in [-0.25, -0.2) is 9.67 Å². The fourth-order valence-corrected chi connectivity index (χ4v) is 3.79. The molecule has 2 aromatic heterocycles. The Balaban J connectivity index is 1.70. The monoisotopic (exact) mass is 385 g/mol. The van der Waals surface area contributed by atoms with Crippen molar-refractivity contribution in [3.63, 3.8) is 0 Å². The SMILES string of the molecule is CC1CN(C(C)CNC(=O)c2cnn(-c3ccccn3)c2C(C)C)CC(C)O1. The maximum atomic E-state index is 12.9. The van der Waals surface area contributed by atoms with E-state index in [9.17, 15) is 4.79 Å². The van der Waals surface area contributed by atoms with Gasteiger partial charge >= 0.3 is 0 Å². The largest absolute Gasteiger partial charge is 0.373 e. The number of pyridine rings is 1. The van der Waals surface area contributed by atoms with E-state index in [-0.39, 0.29) is 30.1 Å². The smallest absolute Gasteiger partial charge is 0.254 e. The van der Waals surface area contributed by atoms with Crippen molar-refractivity contribution in [2.75, 3.05) is 19.6 Å². The molecular formula is C21H31N5O2. The van der Waals surface area contributed by atoms with E-state index in [2.05, 4.69) is 54.9 Å². The van der Waals surface area contributed by atoms with Crippen LogP contribution >= 0.6 is 0 Å². The van der Waals surface area contributed by atoms with E-state index in [1.54, 1.807) is 17.1 Å². The normalized spacial score (nSPS) is 21.6. The van der Waals surface area contributed by atoms with E-state index in [4.69, 9.17) is 4.74 Å². The van der Waals surface area contributed by atoms with E-state index in [1.165, 1.54) is 0 Å². The molecular weight excluding hydrogens is 354 g/mol. The van der Waals surface area contributed by atoms with Crippen molar-refractivity contribution in [1.82, 2.24) is 25.0 Å². The van der Waals surface area contributed by atoms with Gasteiger partial charge in [-0.2, -0.15) is 5.10 Å². The van der Waals surface area contributed by atoms with Gasteiger partial charge in [0.2, 0.25) is 0 Å². The lowest BCUT2D eigenvalue weighted by atomic mass is 10.1. The fourth-order valence-electron chi connectivity index (χ4n) is 3.79. The van der Waals surface area contributed by atoms with Crippen LogP contribution in [0.25, 0.3) is 5.82 Å². The molecule has 3 atom stereocenters. The first kappa shape index (κ1) is 20.5. The number of hydrogen-bond acceptors (Lipinski definition) is 5. The molecule has 7 heteroatoms. The Morgan fingerprint density at radius 1 is 1.25 bits per heavy atom. The lowest BCUT2D eigenvalue weighted by molar-refractivity contribution is -0.0778. The van der Waals surface area contributed by atoms with Crippen molar-refractivity contribution < 1.29 is 9.53 Å². The maximum absolute atomic E-state index is 12.9. The zero-order valence-electron chi connectivity index (χ0n) is 17.4. The summed E-state index contributed by atoms with van der Waals surface area (Å²) in [6.07, 6.45) is 3.80. The molecule has 1 saturated heterocycles. The number of nitrogens with zero attached hydrogens (tertiary/aromatic N) is 4. The summed E-state index contributed by atoms with van der Waals surface area (Å²) < 4.78 is 7.56. The molecule has 1 amide bonds. The number of aromatic nitrogens is 3. The summed E-state index contributed by atoms with van der Waals surface area (Å²) in [6.45, 7) is 12.8. The van der Waals surface area contributed by atoms with E-state index < -0.39 is 0 Å². The molecule has 152 valence electrons. The number of amides is 1. The van der Waals surface area contributed by atoms with Crippen LogP contribution in [0.5, 0.6) is 0 Å². The van der Waals surface area contributed by atoms with Crippen molar-refractivity contribution in [2.24, 2.45) is 0 Å². The van der Waals surface area contributed by atoms with E-state index >= 15 is 0 Å². The molecule has 3 rings (SSSR count). The Bertz CT molecular complexity index is 779. The van der Waals surface area contributed by atoms with Crippen LogP contribution < -0.4 is 5.32 Å². The van der Waals surface area contributed by atoms with Crippen LogP contribution in [-0.4, -0.2) is 63.5 Å². The average Bonchev–Trinajstić information content (AvgIpc) is 3.11. The molecule has 0 aromatic carbocycles. The third-order valence-corrected chi connectivity index (χ3v) is 5.09. The molecule has 0 radical (unpaired) electrons. The van der Waals surface area contributed by atoms with Crippen LogP contribution in [-0.2, 0) is 4.74 Å². The summed E-state index contributed by atoms with van der Waals surface area (Å²) in [7, 11) is 0. The second-order valence-corrected chi connectivity index (χ2v) is 7.97. The molecule has 1 aliphatic heterocycles. The number of carbonyl (C=O) groups excluding carboxylic acids is 1. The Morgan fingerprint density at radius 3 is 2.57 bits per heavy atom. The highest BCUT2D eigenvalue weighted by molar-refractivity contribution is 5.95. The molecule has 2 aromatic rings. The van der Waals surface area contributed by atoms with Gasteiger partial charge in [-0.1, -0.05) is 19.9 Å². The van der Waals surface area contributed by atoms with Crippen molar-refractivity contribution in [3.05, 3.63) is 41.9 Å². The first-order valence-electron chi connectivity index (χ1n) is 10.0. The molecule has 0 bridgehead atoms. The summed E-state index contributed by atoms with van der Waals surface area (Å²) >= 11 is 0. The van der Waals surface area contributed by atoms with Crippen molar-refractivity contribution in [2.45, 2.75) is 58.8 Å². The van der Waals surface area contributed by atoms with Crippen LogP contribution in [0.4, 0.5) is 0 Å². The van der Waals surface area contributed by atoms with Crippen molar-refractivity contribution in [1.29, 1.82) is 0 Å². The molecule has 0 aliphatic carbocycles. The molecule has 28 heavy (non-hydrogen) atoms. The van der Waals surface area contributed by atoms with E-state index in [1.807, 2.05) is 18.2 Å². The van der Waals surface area contributed by atoms with Gasteiger partial charge in [0.1, 0.15) is 0 Å². The Hall–Kier alpha value is -2.25. The van der Waals surface area contributed by atoms with Gasteiger partial charge in [0.25, 0.3) is 5.91 Å². The van der Waals surface area contributed by atoms with Gasteiger partial charge in [0.15, 0.2) is 5.82 Å². The molecule has 7 nitrogen and oxygen atoms in total. The summed E-state index contributed by atoms with van der Waals surface area (Å²) in [5.74, 6) is 0.769.